The number of sulfonamides is 1. The molecular weight excluding hydrogens is 368 g/mol. The molecule has 2 N–H and O–H groups in total. The molecule has 150 valence electrons. The van der Waals surface area contributed by atoms with Gasteiger partial charge in [0.15, 0.2) is 4.90 Å². The van der Waals surface area contributed by atoms with E-state index in [9.17, 15) is 18.5 Å². The van der Waals surface area contributed by atoms with Crippen LogP contribution in [0, 0.1) is 10.1 Å². The van der Waals surface area contributed by atoms with Gasteiger partial charge in [0.25, 0.3) is 5.69 Å². The first kappa shape index (κ1) is 20.2. The predicted octanol–water partition coefficient (Wildman–Crippen LogP) is -1.06. The molecule has 1 aromatic rings. The van der Waals surface area contributed by atoms with Crippen molar-refractivity contribution < 1.29 is 23.1 Å². The average Bonchev–Trinajstić information content (AvgIpc) is 2.69. The highest BCUT2D eigenvalue weighted by molar-refractivity contribution is 7.89. The number of hydrogen-bond donors (Lipinski definition) is 2. The van der Waals surface area contributed by atoms with Crippen LogP contribution in [0.3, 0.4) is 0 Å². The second kappa shape index (κ2) is 8.64. The third-order valence-corrected chi connectivity index (χ3v) is 7.86. The summed E-state index contributed by atoms with van der Waals surface area (Å²) in [5.74, 6) is 0. The molecule has 0 aliphatic carbocycles. The van der Waals surface area contributed by atoms with Gasteiger partial charge in [-0.2, -0.15) is 4.31 Å². The molecule has 1 aromatic carbocycles. The lowest BCUT2D eigenvalue weighted by Crippen LogP contribution is -3.22. The Morgan fingerprint density at radius 1 is 1.15 bits per heavy atom. The van der Waals surface area contributed by atoms with Crippen molar-refractivity contribution >= 4 is 15.7 Å². The standard InChI is InChI=1S/C18H28N4O4S/c1-2-9-19-10-7-16(8-11-19)20-12-14-21(15-13-20)27(25,26)18-6-4-3-5-17(18)22(23)24/h3-6,16H,2,7-15H2,1H3/p+2. The molecule has 0 spiro atoms. The molecule has 0 radical (unpaired) electrons. The van der Waals surface area contributed by atoms with Gasteiger partial charge >= 0.3 is 0 Å². The molecule has 3 rings (SSSR count). The number of likely N-dealkylation sites (tertiary alicyclic amines) is 1. The quantitative estimate of drug-likeness (QED) is 0.472. The summed E-state index contributed by atoms with van der Waals surface area (Å²) >= 11 is 0. The summed E-state index contributed by atoms with van der Waals surface area (Å²) in [4.78, 5) is 13.5. The number of piperazine rings is 1. The summed E-state index contributed by atoms with van der Waals surface area (Å²) in [6.45, 7) is 8.27. The molecule has 2 saturated heterocycles. The first-order chi connectivity index (χ1) is 12.9. The Morgan fingerprint density at radius 2 is 1.78 bits per heavy atom. The minimum Gasteiger partial charge on any atom is -0.335 e. The third kappa shape index (κ3) is 4.48. The van der Waals surface area contributed by atoms with Crippen molar-refractivity contribution in [1.82, 2.24) is 4.31 Å². The van der Waals surface area contributed by atoms with Crippen LogP contribution in [-0.2, 0) is 10.0 Å². The smallest absolute Gasteiger partial charge is 0.289 e. The number of nitro benzene ring substituents is 1. The molecular formula is C18H30N4O4S+2. The van der Waals surface area contributed by atoms with E-state index in [1.54, 1.807) is 4.90 Å². The summed E-state index contributed by atoms with van der Waals surface area (Å²) in [7, 11) is -3.83. The van der Waals surface area contributed by atoms with Crippen molar-refractivity contribution in [1.29, 1.82) is 0 Å². The molecule has 0 saturated carbocycles. The number of hydrogen-bond acceptors (Lipinski definition) is 4. The van der Waals surface area contributed by atoms with Crippen molar-refractivity contribution in [2.24, 2.45) is 0 Å². The van der Waals surface area contributed by atoms with Crippen LogP contribution in [0.1, 0.15) is 26.2 Å². The maximum absolute atomic E-state index is 12.9. The van der Waals surface area contributed by atoms with Crippen LogP contribution in [0.5, 0.6) is 0 Å². The van der Waals surface area contributed by atoms with Crippen molar-refractivity contribution in [3.8, 4) is 0 Å². The zero-order chi connectivity index (χ0) is 19.4. The lowest BCUT2D eigenvalue weighted by molar-refractivity contribution is -0.959. The Balaban J connectivity index is 1.62. The van der Waals surface area contributed by atoms with Crippen LogP contribution in [0.15, 0.2) is 29.2 Å². The van der Waals surface area contributed by atoms with E-state index in [0.29, 0.717) is 19.1 Å². The number of nitro groups is 1. The van der Waals surface area contributed by atoms with Gasteiger partial charge in [0.2, 0.25) is 10.0 Å². The van der Waals surface area contributed by atoms with E-state index in [1.807, 2.05) is 0 Å². The van der Waals surface area contributed by atoms with E-state index in [2.05, 4.69) is 6.92 Å². The van der Waals surface area contributed by atoms with Gasteiger partial charge in [-0.25, -0.2) is 8.42 Å². The SMILES string of the molecule is CCC[NH+]1CCC([NH+]2CCN(S(=O)(=O)c3ccccc3[N+](=O)[O-])CC2)CC1. The highest BCUT2D eigenvalue weighted by atomic mass is 32.2. The van der Waals surface area contributed by atoms with Crippen molar-refractivity contribution in [3.05, 3.63) is 34.4 Å². The van der Waals surface area contributed by atoms with Gasteiger partial charge in [0, 0.05) is 18.9 Å². The summed E-state index contributed by atoms with van der Waals surface area (Å²) in [6, 6.07) is 6.22. The number of para-hydroxylation sites is 1. The first-order valence-electron chi connectivity index (χ1n) is 9.85. The third-order valence-electron chi connectivity index (χ3n) is 5.92. The Morgan fingerprint density at radius 3 is 2.37 bits per heavy atom. The van der Waals surface area contributed by atoms with Crippen molar-refractivity contribution in [2.45, 2.75) is 37.1 Å². The molecule has 0 atom stereocenters. The molecule has 2 heterocycles. The number of rotatable bonds is 6. The van der Waals surface area contributed by atoms with E-state index in [4.69, 9.17) is 0 Å². The topological polar surface area (TPSA) is 89.4 Å². The number of nitrogens with one attached hydrogen (secondary N) is 2. The second-order valence-electron chi connectivity index (χ2n) is 7.56. The Kier molecular flexibility index (Phi) is 6.46. The van der Waals surface area contributed by atoms with Crippen LogP contribution in [0.2, 0.25) is 0 Å². The van der Waals surface area contributed by atoms with E-state index < -0.39 is 14.9 Å². The molecule has 8 nitrogen and oxygen atoms in total. The predicted molar refractivity (Wildman–Crippen MR) is 101 cm³/mol. The van der Waals surface area contributed by atoms with Crippen LogP contribution < -0.4 is 9.80 Å². The number of piperidine rings is 1. The summed E-state index contributed by atoms with van der Waals surface area (Å²) in [5, 5.41) is 11.2. The number of nitrogens with zero attached hydrogens (tertiary/aromatic N) is 2. The molecule has 0 bridgehead atoms. The van der Waals surface area contributed by atoms with Gasteiger partial charge in [-0.3, -0.25) is 10.1 Å². The summed E-state index contributed by atoms with van der Waals surface area (Å²) < 4.78 is 27.3. The fraction of sp³-hybridized carbons (Fsp3) is 0.667. The molecule has 0 aromatic heterocycles. The molecule has 2 aliphatic heterocycles. The molecule has 27 heavy (non-hydrogen) atoms. The van der Waals surface area contributed by atoms with Gasteiger partial charge in [-0.1, -0.05) is 19.1 Å². The monoisotopic (exact) mass is 398 g/mol. The van der Waals surface area contributed by atoms with Crippen LogP contribution in [-0.4, -0.2) is 69.5 Å². The maximum atomic E-state index is 12.9. The Labute approximate surface area is 160 Å². The zero-order valence-electron chi connectivity index (χ0n) is 15.9. The van der Waals surface area contributed by atoms with Gasteiger partial charge in [-0.05, 0) is 12.5 Å². The van der Waals surface area contributed by atoms with Crippen molar-refractivity contribution in [2.75, 3.05) is 45.8 Å². The van der Waals surface area contributed by atoms with Gasteiger partial charge in [0.05, 0.1) is 56.8 Å². The second-order valence-corrected chi connectivity index (χ2v) is 9.47. The lowest BCUT2D eigenvalue weighted by Gasteiger charge is -2.38. The average molecular weight is 399 g/mol. The molecule has 0 amide bonds. The van der Waals surface area contributed by atoms with E-state index in [1.165, 1.54) is 72.4 Å². The fourth-order valence-electron chi connectivity index (χ4n) is 4.43. The van der Waals surface area contributed by atoms with Crippen LogP contribution in [0.4, 0.5) is 5.69 Å². The highest BCUT2D eigenvalue weighted by Gasteiger charge is 2.37. The molecule has 2 fully saturated rings. The normalized spacial score (nSPS) is 25.4. The van der Waals surface area contributed by atoms with E-state index in [-0.39, 0.29) is 10.6 Å². The summed E-state index contributed by atoms with van der Waals surface area (Å²) in [6.07, 6.45) is 3.61. The van der Waals surface area contributed by atoms with E-state index >= 15 is 0 Å². The Bertz CT molecular complexity index is 754. The van der Waals surface area contributed by atoms with Gasteiger partial charge in [-0.15, -0.1) is 0 Å². The Hall–Kier alpha value is -1.55. The molecule has 0 unspecified atom stereocenters. The molecule has 2 aliphatic rings. The molecule has 9 heteroatoms. The number of benzene rings is 1. The van der Waals surface area contributed by atoms with Crippen LogP contribution in [0.25, 0.3) is 0 Å². The van der Waals surface area contributed by atoms with Gasteiger partial charge in [0.1, 0.15) is 0 Å². The van der Waals surface area contributed by atoms with Crippen LogP contribution >= 0.6 is 0 Å². The largest absolute Gasteiger partial charge is 0.335 e. The highest BCUT2D eigenvalue weighted by Crippen LogP contribution is 2.26. The van der Waals surface area contributed by atoms with Gasteiger partial charge < -0.3 is 9.80 Å². The maximum Gasteiger partial charge on any atom is 0.289 e. The van der Waals surface area contributed by atoms with E-state index in [0.717, 1.165) is 13.1 Å². The lowest BCUT2D eigenvalue weighted by atomic mass is 10.0. The summed E-state index contributed by atoms with van der Waals surface area (Å²) in [5.41, 5.74) is -0.349. The minimum atomic E-state index is -3.83. The fourth-order valence-corrected chi connectivity index (χ4v) is 6.02. The minimum absolute atomic E-state index is 0.199. The van der Waals surface area contributed by atoms with Crippen molar-refractivity contribution in [3.63, 3.8) is 0 Å². The first-order valence-corrected chi connectivity index (χ1v) is 11.3. The number of quaternary nitrogens is 2. The zero-order valence-corrected chi connectivity index (χ0v) is 16.7.